The predicted molar refractivity (Wildman–Crippen MR) is 108 cm³/mol. The standard InChI is InChI=1S/C20H16ClN3OS/c1-13-6-7-16(9-18(13)21)23-11-15(10-22)20-24-19(12-26-20)14-4-3-5-17(8-14)25-2/h3-9,11-12,23H,1-2H3. The van der Waals surface area contributed by atoms with Crippen LogP contribution in [0, 0.1) is 18.3 Å². The average molecular weight is 382 g/mol. The Bertz CT molecular complexity index is 1000. The Morgan fingerprint density at radius 1 is 1.31 bits per heavy atom. The van der Waals surface area contributed by atoms with E-state index in [0.717, 1.165) is 28.3 Å². The van der Waals surface area contributed by atoms with E-state index in [1.54, 1.807) is 13.3 Å². The SMILES string of the molecule is COc1cccc(-c2csc(C(C#N)=CNc3ccc(C)c(Cl)c3)n2)c1. The molecule has 0 saturated heterocycles. The molecule has 6 heteroatoms. The maximum Gasteiger partial charge on any atom is 0.136 e. The molecular weight excluding hydrogens is 366 g/mol. The van der Waals surface area contributed by atoms with E-state index >= 15 is 0 Å². The molecule has 2 aromatic carbocycles. The van der Waals surface area contributed by atoms with E-state index in [1.165, 1.54) is 11.3 Å². The molecule has 0 atom stereocenters. The van der Waals surface area contributed by atoms with Crippen LogP contribution in [0.15, 0.2) is 54.0 Å². The zero-order valence-electron chi connectivity index (χ0n) is 14.3. The summed E-state index contributed by atoms with van der Waals surface area (Å²) in [4.78, 5) is 4.58. The number of halogens is 1. The number of nitriles is 1. The lowest BCUT2D eigenvalue weighted by molar-refractivity contribution is 0.415. The minimum atomic E-state index is 0.459. The smallest absolute Gasteiger partial charge is 0.136 e. The number of allylic oxidation sites excluding steroid dienone is 1. The number of rotatable bonds is 5. The fourth-order valence-corrected chi connectivity index (χ4v) is 3.27. The fourth-order valence-electron chi connectivity index (χ4n) is 2.29. The Hall–Kier alpha value is -2.81. The first-order chi connectivity index (χ1) is 12.6. The molecule has 0 aliphatic heterocycles. The molecule has 130 valence electrons. The number of aryl methyl sites for hydroxylation is 1. The van der Waals surface area contributed by atoms with Crippen molar-refractivity contribution < 1.29 is 4.74 Å². The molecule has 0 radical (unpaired) electrons. The van der Waals surface area contributed by atoms with Gasteiger partial charge in [-0.3, -0.25) is 0 Å². The average Bonchev–Trinajstić information content (AvgIpc) is 3.15. The fraction of sp³-hybridized carbons (Fsp3) is 0.100. The summed E-state index contributed by atoms with van der Waals surface area (Å²) in [6.45, 7) is 1.94. The molecule has 0 fully saturated rings. The lowest BCUT2D eigenvalue weighted by Crippen LogP contribution is -1.91. The van der Waals surface area contributed by atoms with Gasteiger partial charge in [-0.25, -0.2) is 4.98 Å². The van der Waals surface area contributed by atoms with Gasteiger partial charge in [-0.1, -0.05) is 29.8 Å². The first-order valence-corrected chi connectivity index (χ1v) is 9.10. The van der Waals surface area contributed by atoms with Gasteiger partial charge in [0.1, 0.15) is 22.4 Å². The third-order valence-corrected chi connectivity index (χ3v) is 5.06. The van der Waals surface area contributed by atoms with Crippen molar-refractivity contribution in [2.75, 3.05) is 12.4 Å². The number of thiazole rings is 1. The summed E-state index contributed by atoms with van der Waals surface area (Å²) in [5, 5.41) is 15.8. The zero-order valence-corrected chi connectivity index (χ0v) is 15.9. The van der Waals surface area contributed by atoms with Crippen LogP contribution in [0.1, 0.15) is 10.6 Å². The zero-order chi connectivity index (χ0) is 18.5. The maximum absolute atomic E-state index is 9.48. The predicted octanol–water partition coefficient (Wildman–Crippen LogP) is 5.76. The minimum Gasteiger partial charge on any atom is -0.497 e. The highest BCUT2D eigenvalue weighted by Crippen LogP contribution is 2.28. The Labute approximate surface area is 161 Å². The van der Waals surface area contributed by atoms with Crippen LogP contribution in [0.2, 0.25) is 5.02 Å². The summed E-state index contributed by atoms with van der Waals surface area (Å²) >= 11 is 7.55. The highest BCUT2D eigenvalue weighted by molar-refractivity contribution is 7.11. The van der Waals surface area contributed by atoms with Crippen LogP contribution in [-0.2, 0) is 0 Å². The van der Waals surface area contributed by atoms with Gasteiger partial charge in [0, 0.05) is 27.9 Å². The van der Waals surface area contributed by atoms with E-state index in [-0.39, 0.29) is 0 Å². The number of methoxy groups -OCH3 is 1. The molecule has 0 saturated carbocycles. The van der Waals surface area contributed by atoms with E-state index in [1.807, 2.05) is 54.8 Å². The second kappa shape index (κ2) is 8.05. The second-order valence-corrected chi connectivity index (χ2v) is 6.81. The van der Waals surface area contributed by atoms with E-state index in [0.29, 0.717) is 15.6 Å². The van der Waals surface area contributed by atoms with Crippen molar-refractivity contribution in [3.63, 3.8) is 0 Å². The van der Waals surface area contributed by atoms with Crippen LogP contribution in [0.25, 0.3) is 16.8 Å². The van der Waals surface area contributed by atoms with Gasteiger partial charge in [0.15, 0.2) is 0 Å². The Morgan fingerprint density at radius 3 is 2.88 bits per heavy atom. The highest BCUT2D eigenvalue weighted by Gasteiger charge is 2.09. The van der Waals surface area contributed by atoms with Gasteiger partial charge >= 0.3 is 0 Å². The van der Waals surface area contributed by atoms with Crippen molar-refractivity contribution in [2.24, 2.45) is 0 Å². The monoisotopic (exact) mass is 381 g/mol. The number of benzene rings is 2. The van der Waals surface area contributed by atoms with Crippen molar-refractivity contribution in [3.05, 3.63) is 69.6 Å². The van der Waals surface area contributed by atoms with Gasteiger partial charge in [-0.15, -0.1) is 11.3 Å². The van der Waals surface area contributed by atoms with E-state index in [4.69, 9.17) is 16.3 Å². The van der Waals surface area contributed by atoms with E-state index in [9.17, 15) is 5.26 Å². The van der Waals surface area contributed by atoms with Crippen molar-refractivity contribution in [3.8, 4) is 23.1 Å². The third-order valence-electron chi connectivity index (χ3n) is 3.78. The molecule has 1 aromatic heterocycles. The van der Waals surface area contributed by atoms with Crippen LogP contribution in [0.5, 0.6) is 5.75 Å². The number of anilines is 1. The molecule has 4 nitrogen and oxygen atoms in total. The highest BCUT2D eigenvalue weighted by atomic mass is 35.5. The minimum absolute atomic E-state index is 0.459. The molecule has 0 aliphatic carbocycles. The third kappa shape index (κ3) is 4.05. The largest absolute Gasteiger partial charge is 0.497 e. The first kappa shape index (κ1) is 18.0. The molecule has 0 aliphatic rings. The van der Waals surface area contributed by atoms with Gasteiger partial charge in [0.05, 0.1) is 12.8 Å². The van der Waals surface area contributed by atoms with Crippen molar-refractivity contribution in [2.45, 2.75) is 6.92 Å². The summed E-state index contributed by atoms with van der Waals surface area (Å²) in [6, 6.07) is 15.5. The number of nitrogens with one attached hydrogen (secondary N) is 1. The van der Waals surface area contributed by atoms with Crippen LogP contribution < -0.4 is 10.1 Å². The maximum atomic E-state index is 9.48. The van der Waals surface area contributed by atoms with Crippen LogP contribution >= 0.6 is 22.9 Å². The molecule has 1 heterocycles. The molecule has 3 rings (SSSR count). The van der Waals surface area contributed by atoms with Gasteiger partial charge in [-0.05, 0) is 36.8 Å². The van der Waals surface area contributed by atoms with Gasteiger partial charge in [0.2, 0.25) is 0 Å². The van der Waals surface area contributed by atoms with Crippen molar-refractivity contribution >= 4 is 34.2 Å². The van der Waals surface area contributed by atoms with Crippen molar-refractivity contribution in [1.82, 2.24) is 4.98 Å². The van der Waals surface area contributed by atoms with Crippen LogP contribution in [0.3, 0.4) is 0 Å². The summed E-state index contributed by atoms with van der Waals surface area (Å²) in [6.07, 6.45) is 1.65. The molecule has 0 amide bonds. The summed E-state index contributed by atoms with van der Waals surface area (Å²) < 4.78 is 5.25. The van der Waals surface area contributed by atoms with Crippen LogP contribution in [0.4, 0.5) is 5.69 Å². The number of ether oxygens (including phenoxy) is 1. The number of aromatic nitrogens is 1. The number of hydrogen-bond acceptors (Lipinski definition) is 5. The van der Waals surface area contributed by atoms with Gasteiger partial charge in [0.25, 0.3) is 0 Å². The number of hydrogen-bond donors (Lipinski definition) is 1. The lowest BCUT2D eigenvalue weighted by Gasteiger charge is -2.04. The summed E-state index contributed by atoms with van der Waals surface area (Å²) in [7, 11) is 1.63. The Morgan fingerprint density at radius 2 is 2.15 bits per heavy atom. The molecule has 0 bridgehead atoms. The Balaban J connectivity index is 1.83. The van der Waals surface area contributed by atoms with E-state index in [2.05, 4.69) is 16.4 Å². The molecule has 0 spiro atoms. The van der Waals surface area contributed by atoms with Crippen molar-refractivity contribution in [1.29, 1.82) is 5.26 Å². The summed E-state index contributed by atoms with van der Waals surface area (Å²) in [5.41, 5.74) is 4.04. The van der Waals surface area contributed by atoms with Gasteiger partial charge in [-0.2, -0.15) is 5.26 Å². The molecule has 3 aromatic rings. The topological polar surface area (TPSA) is 57.9 Å². The molecule has 1 N–H and O–H groups in total. The summed E-state index contributed by atoms with van der Waals surface area (Å²) in [5.74, 6) is 0.769. The lowest BCUT2D eigenvalue weighted by atomic mass is 10.1. The quantitative estimate of drug-likeness (QED) is 0.571. The number of nitrogens with zero attached hydrogens (tertiary/aromatic N) is 2. The van der Waals surface area contributed by atoms with Gasteiger partial charge < -0.3 is 10.1 Å². The molecular formula is C20H16ClN3OS. The second-order valence-electron chi connectivity index (χ2n) is 5.55. The molecule has 0 unspecified atom stereocenters. The normalized spacial score (nSPS) is 11.1. The van der Waals surface area contributed by atoms with Crippen LogP contribution in [-0.4, -0.2) is 12.1 Å². The Kier molecular flexibility index (Phi) is 5.57. The first-order valence-electron chi connectivity index (χ1n) is 7.84. The molecule has 26 heavy (non-hydrogen) atoms. The van der Waals surface area contributed by atoms with E-state index < -0.39 is 0 Å².